The zero-order chi connectivity index (χ0) is 16.3. The number of likely N-dealkylation sites (tertiary alicyclic amines) is 2. The first-order valence-corrected chi connectivity index (χ1v) is 9.78. The summed E-state index contributed by atoms with van der Waals surface area (Å²) in [5.74, 6) is 0. The van der Waals surface area contributed by atoms with Gasteiger partial charge in [-0.05, 0) is 76.4 Å². The van der Waals surface area contributed by atoms with Gasteiger partial charge >= 0.3 is 0 Å². The average molecular weight is 338 g/mol. The van der Waals surface area contributed by atoms with E-state index in [2.05, 4.69) is 40.2 Å². The molecule has 2 aliphatic heterocycles. The van der Waals surface area contributed by atoms with Crippen LogP contribution in [0.3, 0.4) is 0 Å². The van der Waals surface area contributed by atoms with Gasteiger partial charge in [-0.2, -0.15) is 0 Å². The summed E-state index contributed by atoms with van der Waals surface area (Å²) in [6, 6.07) is 2.33. The van der Waals surface area contributed by atoms with Crippen LogP contribution < -0.4 is 0 Å². The second-order valence-electron chi connectivity index (χ2n) is 7.68. The Labute approximate surface area is 144 Å². The van der Waals surface area contributed by atoms with Crippen molar-refractivity contribution in [2.24, 2.45) is 0 Å². The molecule has 1 aromatic heterocycles. The van der Waals surface area contributed by atoms with E-state index in [1.807, 2.05) is 11.3 Å². The number of aliphatic hydroxyl groups is 1. The van der Waals surface area contributed by atoms with E-state index in [1.54, 1.807) is 0 Å². The number of thiophene rings is 1. The van der Waals surface area contributed by atoms with Gasteiger partial charge in [-0.3, -0.25) is 4.90 Å². The zero-order valence-corrected chi connectivity index (χ0v) is 15.4. The van der Waals surface area contributed by atoms with Gasteiger partial charge in [0.2, 0.25) is 0 Å². The third kappa shape index (κ3) is 5.00. The van der Waals surface area contributed by atoms with Crippen LogP contribution in [0.5, 0.6) is 0 Å². The average Bonchev–Trinajstić information content (AvgIpc) is 3.10. The first-order chi connectivity index (χ1) is 11.0. The van der Waals surface area contributed by atoms with Gasteiger partial charge in [-0.15, -0.1) is 11.3 Å². The molecule has 0 saturated carbocycles. The Morgan fingerprint density at radius 3 is 2.65 bits per heavy atom. The van der Waals surface area contributed by atoms with Gasteiger partial charge in [0.15, 0.2) is 0 Å². The van der Waals surface area contributed by atoms with Crippen LogP contribution in [0.15, 0.2) is 11.4 Å². The van der Waals surface area contributed by atoms with E-state index in [0.717, 1.165) is 45.6 Å². The van der Waals surface area contributed by atoms with Crippen LogP contribution in [0.1, 0.15) is 36.1 Å². The molecule has 5 heteroatoms. The van der Waals surface area contributed by atoms with E-state index in [1.165, 1.54) is 36.4 Å². The molecular formula is C18H31N3OS. The second-order valence-corrected chi connectivity index (χ2v) is 8.68. The number of hydrogen-bond acceptors (Lipinski definition) is 5. The summed E-state index contributed by atoms with van der Waals surface area (Å²) in [4.78, 5) is 8.53. The van der Waals surface area contributed by atoms with Gasteiger partial charge in [0.25, 0.3) is 0 Å². The van der Waals surface area contributed by atoms with Crippen molar-refractivity contribution >= 4 is 11.3 Å². The van der Waals surface area contributed by atoms with Gasteiger partial charge in [-0.1, -0.05) is 0 Å². The molecule has 0 unspecified atom stereocenters. The lowest BCUT2D eigenvalue weighted by Crippen LogP contribution is -2.53. The van der Waals surface area contributed by atoms with Gasteiger partial charge < -0.3 is 14.9 Å². The molecule has 0 radical (unpaired) electrons. The molecule has 0 amide bonds. The zero-order valence-electron chi connectivity index (χ0n) is 14.6. The van der Waals surface area contributed by atoms with E-state index in [0.29, 0.717) is 0 Å². The van der Waals surface area contributed by atoms with E-state index in [4.69, 9.17) is 0 Å². The van der Waals surface area contributed by atoms with Crippen LogP contribution in [0.4, 0.5) is 0 Å². The lowest BCUT2D eigenvalue weighted by atomic mass is 9.92. The first kappa shape index (κ1) is 17.4. The maximum Gasteiger partial charge on any atom is 0.0900 e. The molecule has 1 atom stereocenters. The van der Waals surface area contributed by atoms with Crippen molar-refractivity contribution < 1.29 is 5.11 Å². The molecule has 1 N–H and O–H groups in total. The number of hydrogen-bond donors (Lipinski definition) is 1. The van der Waals surface area contributed by atoms with Gasteiger partial charge in [-0.25, -0.2) is 0 Å². The quantitative estimate of drug-likeness (QED) is 0.862. The minimum atomic E-state index is -0.508. The molecule has 0 aliphatic carbocycles. The Morgan fingerprint density at radius 1 is 1.17 bits per heavy atom. The van der Waals surface area contributed by atoms with Crippen molar-refractivity contribution in [1.29, 1.82) is 0 Å². The van der Waals surface area contributed by atoms with Crippen molar-refractivity contribution in [2.75, 3.05) is 46.8 Å². The predicted molar refractivity (Wildman–Crippen MR) is 96.8 cm³/mol. The van der Waals surface area contributed by atoms with Gasteiger partial charge in [0.1, 0.15) is 0 Å². The van der Waals surface area contributed by atoms with Crippen LogP contribution in [0.25, 0.3) is 0 Å². The summed E-state index contributed by atoms with van der Waals surface area (Å²) >= 11 is 1.86. The summed E-state index contributed by atoms with van der Waals surface area (Å²) in [5, 5.41) is 13.3. The Hall–Kier alpha value is -0.460. The molecule has 3 heterocycles. The van der Waals surface area contributed by atoms with Crippen molar-refractivity contribution in [1.82, 2.24) is 14.7 Å². The summed E-state index contributed by atoms with van der Waals surface area (Å²) in [7, 11) is 4.22. The first-order valence-electron chi connectivity index (χ1n) is 8.91. The highest BCUT2D eigenvalue weighted by molar-refractivity contribution is 7.10. The molecule has 3 rings (SSSR count). The molecule has 4 nitrogen and oxygen atoms in total. The summed E-state index contributed by atoms with van der Waals surface area (Å²) in [6.45, 7) is 7.13. The third-order valence-corrected chi connectivity index (χ3v) is 5.91. The Kier molecular flexibility index (Phi) is 5.75. The number of nitrogens with zero attached hydrogens (tertiary/aromatic N) is 3. The Bertz CT molecular complexity index is 498. The van der Waals surface area contributed by atoms with Crippen LogP contribution in [0.2, 0.25) is 0 Å². The fraction of sp³-hybridized carbons (Fsp3) is 0.778. The van der Waals surface area contributed by atoms with E-state index < -0.39 is 5.60 Å². The maximum absolute atomic E-state index is 11.0. The van der Waals surface area contributed by atoms with Gasteiger partial charge in [0.05, 0.1) is 5.60 Å². The minimum Gasteiger partial charge on any atom is -0.387 e. The molecule has 2 saturated heterocycles. The summed E-state index contributed by atoms with van der Waals surface area (Å²) in [5.41, 5.74) is 0.895. The number of piperidine rings is 1. The Balaban J connectivity index is 1.54. The fourth-order valence-electron chi connectivity index (χ4n) is 4.00. The van der Waals surface area contributed by atoms with Crippen molar-refractivity contribution in [3.8, 4) is 0 Å². The number of rotatable bonds is 6. The second kappa shape index (κ2) is 7.62. The fourth-order valence-corrected chi connectivity index (χ4v) is 4.93. The highest BCUT2D eigenvalue weighted by atomic mass is 32.1. The van der Waals surface area contributed by atoms with E-state index in [9.17, 15) is 5.11 Å². The monoisotopic (exact) mass is 337 g/mol. The standard InChI is InChI=1S/C18H31N3OS/c1-19(2)11-16-10-17(23-13-16)12-21-9-5-6-18(22,15-21)14-20-7-3-4-8-20/h10,13,22H,3-9,11-12,14-15H2,1-2H3/t18-/m0/s1. The molecule has 2 aliphatic rings. The SMILES string of the molecule is CN(C)Cc1csc(CN2CCC[C@](O)(CN3CCCC3)C2)c1. The van der Waals surface area contributed by atoms with Crippen molar-refractivity contribution in [3.63, 3.8) is 0 Å². The molecule has 0 aromatic carbocycles. The van der Waals surface area contributed by atoms with Crippen LogP contribution in [-0.2, 0) is 13.1 Å². The van der Waals surface area contributed by atoms with E-state index >= 15 is 0 Å². The lowest BCUT2D eigenvalue weighted by molar-refractivity contribution is -0.0517. The molecule has 23 heavy (non-hydrogen) atoms. The number of β-amino-alcohol motifs (C(OH)–C–C–N with tert-alkyl or cyclic N) is 1. The van der Waals surface area contributed by atoms with Crippen LogP contribution >= 0.6 is 11.3 Å². The molecule has 0 bridgehead atoms. The highest BCUT2D eigenvalue weighted by Gasteiger charge is 2.35. The van der Waals surface area contributed by atoms with Gasteiger partial charge in [0, 0.05) is 31.1 Å². The summed E-state index contributed by atoms with van der Waals surface area (Å²) in [6.07, 6.45) is 4.66. The predicted octanol–water partition coefficient (Wildman–Crippen LogP) is 2.23. The normalized spacial score (nSPS) is 27.1. The molecule has 0 spiro atoms. The summed E-state index contributed by atoms with van der Waals surface area (Å²) < 4.78 is 0. The lowest BCUT2D eigenvalue weighted by Gasteiger charge is -2.41. The van der Waals surface area contributed by atoms with Crippen molar-refractivity contribution in [3.05, 3.63) is 21.9 Å². The van der Waals surface area contributed by atoms with Crippen molar-refractivity contribution in [2.45, 2.75) is 44.4 Å². The molecule has 2 fully saturated rings. The van der Waals surface area contributed by atoms with E-state index in [-0.39, 0.29) is 0 Å². The van der Waals surface area contributed by atoms with Crippen LogP contribution in [0, 0.1) is 0 Å². The molecule has 1 aromatic rings. The maximum atomic E-state index is 11.0. The minimum absolute atomic E-state index is 0.508. The highest BCUT2D eigenvalue weighted by Crippen LogP contribution is 2.26. The topological polar surface area (TPSA) is 30.0 Å². The Morgan fingerprint density at radius 2 is 1.91 bits per heavy atom. The smallest absolute Gasteiger partial charge is 0.0900 e. The molecular weight excluding hydrogens is 306 g/mol. The molecule has 130 valence electrons. The third-order valence-electron chi connectivity index (χ3n) is 4.94. The van der Waals surface area contributed by atoms with Crippen LogP contribution in [-0.4, -0.2) is 72.2 Å². The largest absolute Gasteiger partial charge is 0.387 e.